The molecule has 7 fully saturated rings. The summed E-state index contributed by atoms with van der Waals surface area (Å²) in [5.41, 5.74) is -1.82. The van der Waals surface area contributed by atoms with Crippen LogP contribution in [-0.2, 0) is 33.2 Å². The van der Waals surface area contributed by atoms with Gasteiger partial charge in [0.2, 0.25) is 6.29 Å². The number of carbonyl (C=O) groups excluding carboxylic acids is 1. The molecule has 0 amide bonds. The Hall–Kier alpha value is -1.39. The van der Waals surface area contributed by atoms with Crippen LogP contribution in [-0.4, -0.2) is 168 Å². The Bertz CT molecular complexity index is 1760. The van der Waals surface area contributed by atoms with Crippen LogP contribution in [0.4, 0.5) is 0 Å². The van der Waals surface area contributed by atoms with Crippen molar-refractivity contribution >= 4 is 5.97 Å². The van der Waals surface area contributed by atoms with Gasteiger partial charge in [-0.25, -0.2) is 0 Å². The molecular formula is C47H76O17. The Balaban J connectivity index is 1.05. The number of esters is 1. The minimum Gasteiger partial charge on any atom is -0.432 e. The maximum atomic E-state index is 14.7. The summed E-state index contributed by atoms with van der Waals surface area (Å²) in [5.74, 6) is -0.812. The van der Waals surface area contributed by atoms with E-state index in [1.807, 2.05) is 13.8 Å². The molecule has 64 heavy (non-hydrogen) atoms. The van der Waals surface area contributed by atoms with Gasteiger partial charge in [0.25, 0.3) is 0 Å². The number of aliphatic hydroxyl groups excluding tert-OH is 10. The molecule has 0 radical (unpaired) electrons. The maximum absolute atomic E-state index is 14.7. The molecule has 0 bridgehead atoms. The molecule has 4 saturated carbocycles. The van der Waals surface area contributed by atoms with Gasteiger partial charge in [-0.1, -0.05) is 60.1 Å². The lowest BCUT2D eigenvalue weighted by Gasteiger charge is -2.71. The highest BCUT2D eigenvalue weighted by atomic mass is 16.8. The van der Waals surface area contributed by atoms with Crippen molar-refractivity contribution in [3.8, 4) is 0 Å². The second-order valence-corrected chi connectivity index (χ2v) is 23.0. The minimum absolute atomic E-state index is 0.158. The van der Waals surface area contributed by atoms with Crippen LogP contribution >= 0.6 is 0 Å². The van der Waals surface area contributed by atoms with E-state index < -0.39 is 132 Å². The molecule has 3 heterocycles. The van der Waals surface area contributed by atoms with Gasteiger partial charge in [0.15, 0.2) is 12.6 Å². The van der Waals surface area contributed by atoms with E-state index in [0.717, 1.165) is 31.3 Å². The summed E-state index contributed by atoms with van der Waals surface area (Å²) in [6.45, 7) is 16.2. The number of rotatable bonds is 7. The number of fused-ring (bicyclic) bond motifs is 7. The third-order valence-corrected chi connectivity index (χ3v) is 19.1. The van der Waals surface area contributed by atoms with E-state index in [2.05, 4.69) is 40.7 Å². The first-order valence-corrected chi connectivity index (χ1v) is 23.7. The van der Waals surface area contributed by atoms with Gasteiger partial charge in [0, 0.05) is 5.92 Å². The summed E-state index contributed by atoms with van der Waals surface area (Å²) < 4.78 is 36.1. The van der Waals surface area contributed by atoms with Gasteiger partial charge < -0.3 is 79.5 Å². The Labute approximate surface area is 376 Å². The first-order chi connectivity index (χ1) is 29.8. The van der Waals surface area contributed by atoms with Gasteiger partial charge in [-0.3, -0.25) is 4.79 Å². The van der Waals surface area contributed by atoms with Crippen LogP contribution in [0.3, 0.4) is 0 Å². The minimum atomic E-state index is -1.74. The zero-order valence-electron chi connectivity index (χ0n) is 38.7. The van der Waals surface area contributed by atoms with Crippen molar-refractivity contribution in [1.29, 1.82) is 0 Å². The molecule has 10 N–H and O–H groups in total. The molecular weight excluding hydrogens is 836 g/mol. The van der Waals surface area contributed by atoms with E-state index >= 15 is 0 Å². The van der Waals surface area contributed by atoms with E-state index in [9.17, 15) is 55.9 Å². The van der Waals surface area contributed by atoms with Crippen molar-refractivity contribution in [2.45, 2.75) is 211 Å². The zero-order valence-corrected chi connectivity index (χ0v) is 38.7. The summed E-state index contributed by atoms with van der Waals surface area (Å²) in [4.78, 5) is 14.7. The quantitative estimate of drug-likeness (QED) is 0.0960. The summed E-state index contributed by atoms with van der Waals surface area (Å²) >= 11 is 0. The molecule has 17 nitrogen and oxygen atoms in total. The third-order valence-electron chi connectivity index (χ3n) is 19.1. The Morgan fingerprint density at radius 1 is 0.703 bits per heavy atom. The normalized spacial score (nSPS) is 54.6. The fourth-order valence-electron chi connectivity index (χ4n) is 14.7. The van der Waals surface area contributed by atoms with Gasteiger partial charge in [0.1, 0.15) is 61.0 Å². The Morgan fingerprint density at radius 3 is 2.05 bits per heavy atom. The van der Waals surface area contributed by atoms with Crippen LogP contribution in [0.2, 0.25) is 0 Å². The number of allylic oxidation sites excluding steroid dienone is 1. The van der Waals surface area contributed by atoms with Crippen LogP contribution in [0.25, 0.3) is 0 Å². The van der Waals surface area contributed by atoms with E-state index in [4.69, 9.17) is 28.4 Å². The molecule has 0 spiro atoms. The lowest BCUT2D eigenvalue weighted by atomic mass is 9.33. The number of carbonyl (C=O) groups is 1. The SMILES string of the molecule is C[C@@H]1O[C@@H](O[C@H]2[C@@H](O[C@H]3CC[C@]4(C)[C@H]5CC=C6[C@@H]7[C@H](O)C(C)(C)CC[C@]7(C(=O)O[C@@H]7O[C@H](CO)[C@@H](O)[C@H](O)[C@H]7O)CC[C@@]6(C)[C@]5(C)CC[C@H]4C3(C)C)OC[C@H](O)[C@@H]2O)[C@H](O)[C@H](O)[C@H]1O. The van der Waals surface area contributed by atoms with E-state index in [-0.39, 0.29) is 35.4 Å². The van der Waals surface area contributed by atoms with Gasteiger partial charge in [-0.15, -0.1) is 0 Å². The van der Waals surface area contributed by atoms with Gasteiger partial charge >= 0.3 is 5.97 Å². The van der Waals surface area contributed by atoms with Gasteiger partial charge in [-0.05, 0) is 104 Å². The van der Waals surface area contributed by atoms with Gasteiger partial charge in [0.05, 0.1) is 36.9 Å². The van der Waals surface area contributed by atoms with Crippen LogP contribution in [0.1, 0.15) is 113 Å². The molecule has 0 aromatic heterocycles. The number of hydrogen-bond donors (Lipinski definition) is 10. The second-order valence-electron chi connectivity index (χ2n) is 23.0. The van der Waals surface area contributed by atoms with Gasteiger partial charge in [-0.2, -0.15) is 0 Å². The lowest BCUT2D eigenvalue weighted by Crippen LogP contribution is -2.67. The van der Waals surface area contributed by atoms with Crippen molar-refractivity contribution in [2.75, 3.05) is 13.2 Å². The Morgan fingerprint density at radius 2 is 1.36 bits per heavy atom. The van der Waals surface area contributed by atoms with E-state index in [1.165, 1.54) is 6.92 Å². The highest BCUT2D eigenvalue weighted by Gasteiger charge is 2.71. The molecule has 3 saturated heterocycles. The Kier molecular flexibility index (Phi) is 13.0. The first-order valence-electron chi connectivity index (χ1n) is 23.7. The lowest BCUT2D eigenvalue weighted by molar-refractivity contribution is -0.364. The first kappa shape index (κ1) is 49.0. The predicted molar refractivity (Wildman–Crippen MR) is 224 cm³/mol. The number of ether oxygens (including phenoxy) is 6. The molecule has 17 heteroatoms. The summed E-state index contributed by atoms with van der Waals surface area (Å²) in [6, 6.07) is 0. The monoisotopic (exact) mass is 913 g/mol. The van der Waals surface area contributed by atoms with Crippen molar-refractivity contribution in [3.05, 3.63) is 11.6 Å². The van der Waals surface area contributed by atoms with E-state index in [1.54, 1.807) is 0 Å². The summed E-state index contributed by atoms with van der Waals surface area (Å²) in [7, 11) is 0. The topological polar surface area (TPSA) is 275 Å². The molecule has 0 aromatic rings. The van der Waals surface area contributed by atoms with Crippen LogP contribution in [0, 0.1) is 50.2 Å². The van der Waals surface area contributed by atoms with Crippen LogP contribution < -0.4 is 0 Å². The highest BCUT2D eigenvalue weighted by Crippen LogP contribution is 2.76. The number of aliphatic hydroxyl groups is 10. The standard InChI is InChI=1S/C47H76O17/c1-21-29(50)32(53)34(55)38(60-21)63-36-30(51)23(49)20-59-40(36)62-27-12-13-44(6)25(43(27,4)5)11-14-46(8)26(44)10-9-22-28-37(57)42(2,3)15-17-47(28,18-16-45(22,46)7)41(58)64-39-35(56)33(54)31(52)24(19-48)61-39/h9,21,23-40,48-57H,10-20H2,1-8H3/t21-,23-,24+,25-,26+,27-,28+,29-,30-,31+,32+,33-,34+,35+,36+,37-,38-,39-,40+,44-,45+,46+,47-/m0/s1. The smallest absolute Gasteiger partial charge is 0.315 e. The average molecular weight is 913 g/mol. The molecule has 3 aliphatic heterocycles. The fraction of sp³-hybridized carbons (Fsp3) is 0.936. The van der Waals surface area contributed by atoms with Crippen molar-refractivity contribution in [1.82, 2.24) is 0 Å². The number of hydrogen-bond acceptors (Lipinski definition) is 17. The van der Waals surface area contributed by atoms with Crippen LogP contribution in [0.5, 0.6) is 0 Å². The molecule has 366 valence electrons. The molecule has 8 aliphatic rings. The second kappa shape index (κ2) is 16.9. The largest absolute Gasteiger partial charge is 0.432 e. The summed E-state index contributed by atoms with van der Waals surface area (Å²) in [5, 5.41) is 107. The highest BCUT2D eigenvalue weighted by molar-refractivity contribution is 5.79. The molecule has 0 aromatic carbocycles. The zero-order chi connectivity index (χ0) is 46.9. The third kappa shape index (κ3) is 7.31. The van der Waals surface area contributed by atoms with Crippen molar-refractivity contribution in [2.24, 2.45) is 50.2 Å². The fourth-order valence-corrected chi connectivity index (χ4v) is 14.7. The van der Waals surface area contributed by atoms with Crippen molar-refractivity contribution in [3.63, 3.8) is 0 Å². The molecule has 0 unspecified atom stereocenters. The summed E-state index contributed by atoms with van der Waals surface area (Å²) in [6.07, 6.45) is -12.9. The predicted octanol–water partition coefficient (Wildman–Crippen LogP) is 0.778. The van der Waals surface area contributed by atoms with E-state index in [0.29, 0.717) is 32.1 Å². The average Bonchev–Trinajstić information content (AvgIpc) is 3.24. The molecule has 8 rings (SSSR count). The molecule has 23 atom stereocenters. The van der Waals surface area contributed by atoms with Crippen LogP contribution in [0.15, 0.2) is 11.6 Å². The molecule has 5 aliphatic carbocycles. The van der Waals surface area contributed by atoms with Crippen molar-refractivity contribution < 1.29 is 84.3 Å². The maximum Gasteiger partial charge on any atom is 0.315 e.